The first-order valence-corrected chi connectivity index (χ1v) is 8.54. The van der Waals surface area contributed by atoms with E-state index in [-0.39, 0.29) is 65.7 Å². The van der Waals surface area contributed by atoms with Crippen molar-refractivity contribution in [1.82, 2.24) is 0 Å². The van der Waals surface area contributed by atoms with Gasteiger partial charge < -0.3 is 18.9 Å². The van der Waals surface area contributed by atoms with Crippen molar-refractivity contribution in [3.05, 3.63) is 0 Å². The fraction of sp³-hybridized carbons (Fsp3) is 1.00. The molecule has 0 unspecified atom stereocenters. The van der Waals surface area contributed by atoms with Crippen molar-refractivity contribution in [3.8, 4) is 0 Å². The largest absolute Gasteiger partial charge is 1.00 e. The first-order chi connectivity index (χ1) is 8.42. The predicted octanol–water partition coefficient (Wildman–Crippen LogP) is -2.99. The van der Waals surface area contributed by atoms with Gasteiger partial charge in [0.2, 0.25) is 0 Å². The van der Waals surface area contributed by atoms with Crippen LogP contribution in [0, 0.1) is 5.92 Å². The van der Waals surface area contributed by atoms with Gasteiger partial charge in [0.15, 0.2) is 0 Å². The van der Waals surface area contributed by atoms with Crippen molar-refractivity contribution < 1.29 is 78.0 Å². The van der Waals surface area contributed by atoms with Gasteiger partial charge in [0.05, 0.1) is 14.4 Å². The molecule has 0 amide bonds. The summed E-state index contributed by atoms with van der Waals surface area (Å²) in [6, 6.07) is 0. The topological polar surface area (TPSA) is 72.4 Å². The number of rotatable bonds is 12. The fourth-order valence-electron chi connectivity index (χ4n) is 1.89. The zero-order chi connectivity index (χ0) is 13.9. The van der Waals surface area contributed by atoms with Crippen LogP contribution in [-0.4, -0.2) is 6.61 Å². The Morgan fingerprint density at radius 2 is 1.25 bits per heavy atom. The summed E-state index contributed by atoms with van der Waals surface area (Å²) in [5.74, 6) is 0.808. The number of phosphoric acid groups is 1. The third-order valence-electron chi connectivity index (χ3n) is 2.93. The van der Waals surface area contributed by atoms with Crippen molar-refractivity contribution in [2.75, 3.05) is 6.61 Å². The molecule has 0 aromatic heterocycles. The number of hydrogen-bond donors (Lipinski definition) is 0. The van der Waals surface area contributed by atoms with Crippen LogP contribution in [0.15, 0.2) is 0 Å². The third kappa shape index (κ3) is 25.1. The van der Waals surface area contributed by atoms with Crippen molar-refractivity contribution in [2.24, 2.45) is 5.92 Å². The van der Waals surface area contributed by atoms with E-state index in [2.05, 4.69) is 18.4 Å². The molecule has 0 aliphatic rings. The molecule has 0 aromatic rings. The predicted molar refractivity (Wildman–Crippen MR) is 69.9 cm³/mol. The van der Waals surface area contributed by atoms with Gasteiger partial charge in [-0.3, -0.25) is 0 Å². The molecule has 0 bridgehead atoms. The van der Waals surface area contributed by atoms with Gasteiger partial charge in [-0.1, -0.05) is 65.2 Å². The van der Waals surface area contributed by atoms with Crippen LogP contribution in [0.5, 0.6) is 0 Å². The van der Waals surface area contributed by atoms with Crippen LogP contribution < -0.4 is 68.9 Å². The Bertz CT molecular complexity index is 234. The molecule has 7 heteroatoms. The van der Waals surface area contributed by atoms with E-state index in [4.69, 9.17) is 0 Å². The summed E-state index contributed by atoms with van der Waals surface area (Å²) in [5.41, 5.74) is 0. The van der Waals surface area contributed by atoms with E-state index in [1.54, 1.807) is 0 Å². The smallest absolute Gasteiger partial charge is 0.790 e. The maximum atomic E-state index is 10.2. The van der Waals surface area contributed by atoms with Crippen LogP contribution in [0.4, 0.5) is 0 Å². The standard InChI is InChI=1S/C13H29O4P.2Na/c1-13(2)11-9-7-5-3-4-6-8-10-12-17-18(14,15)16;;/h13H,3-12H2,1-2H3,(H2,14,15,16);;/q;2*+1/p-2. The minimum absolute atomic E-state index is 0. The van der Waals surface area contributed by atoms with Gasteiger partial charge in [-0.25, -0.2) is 0 Å². The first kappa shape index (κ1) is 27.0. The van der Waals surface area contributed by atoms with E-state index in [0.717, 1.165) is 18.8 Å². The Labute approximate surface area is 168 Å². The second kappa shape index (κ2) is 17.5. The molecule has 0 spiro atoms. The molecular weight excluding hydrogens is 297 g/mol. The molecule has 0 fully saturated rings. The summed E-state index contributed by atoms with van der Waals surface area (Å²) in [6.45, 7) is 4.55. The summed E-state index contributed by atoms with van der Waals surface area (Å²) in [5, 5.41) is 0. The maximum Gasteiger partial charge on any atom is 1.00 e. The molecule has 0 saturated carbocycles. The van der Waals surface area contributed by atoms with Gasteiger partial charge in [-0.15, -0.1) is 0 Å². The molecule has 0 aromatic carbocycles. The maximum absolute atomic E-state index is 10.2. The van der Waals surface area contributed by atoms with Gasteiger partial charge >= 0.3 is 59.1 Å². The summed E-state index contributed by atoms with van der Waals surface area (Å²) in [7, 11) is -4.75. The van der Waals surface area contributed by atoms with Crippen LogP contribution in [0.2, 0.25) is 0 Å². The van der Waals surface area contributed by atoms with Gasteiger partial charge in [-0.2, -0.15) is 0 Å². The van der Waals surface area contributed by atoms with Crippen LogP contribution in [0.3, 0.4) is 0 Å². The minimum atomic E-state index is -4.75. The van der Waals surface area contributed by atoms with Crippen LogP contribution in [0.1, 0.15) is 71.6 Å². The monoisotopic (exact) mass is 324 g/mol. The van der Waals surface area contributed by atoms with Crippen molar-refractivity contribution >= 4 is 7.82 Å². The molecule has 0 saturated heterocycles. The summed E-state index contributed by atoms with van der Waals surface area (Å²) < 4.78 is 14.3. The molecule has 0 radical (unpaired) electrons. The van der Waals surface area contributed by atoms with Gasteiger partial charge in [0, 0.05) is 0 Å². The fourth-order valence-corrected chi connectivity index (χ4v) is 2.24. The molecule has 0 atom stereocenters. The Morgan fingerprint density at radius 1 is 0.850 bits per heavy atom. The Kier molecular flexibility index (Phi) is 23.6. The van der Waals surface area contributed by atoms with Crippen LogP contribution in [-0.2, 0) is 9.09 Å². The summed E-state index contributed by atoms with van der Waals surface area (Å²) in [6.07, 6.45) is 10.4. The second-order valence-corrected chi connectivity index (χ2v) is 6.44. The van der Waals surface area contributed by atoms with Crippen LogP contribution in [0.25, 0.3) is 0 Å². The van der Waals surface area contributed by atoms with Gasteiger partial charge in [-0.05, 0) is 12.3 Å². The molecule has 0 heterocycles. The van der Waals surface area contributed by atoms with Gasteiger partial charge in [0.1, 0.15) is 0 Å². The van der Waals surface area contributed by atoms with Crippen LogP contribution >= 0.6 is 7.82 Å². The van der Waals surface area contributed by atoms with E-state index >= 15 is 0 Å². The third-order valence-corrected chi connectivity index (χ3v) is 3.42. The summed E-state index contributed by atoms with van der Waals surface area (Å²) >= 11 is 0. The van der Waals surface area contributed by atoms with E-state index in [1.807, 2.05) is 0 Å². The van der Waals surface area contributed by atoms with E-state index in [9.17, 15) is 14.4 Å². The molecule has 4 nitrogen and oxygen atoms in total. The quantitative estimate of drug-likeness (QED) is 0.218. The Balaban J connectivity index is -0.00000144. The Morgan fingerprint density at radius 3 is 1.65 bits per heavy atom. The molecule has 110 valence electrons. The van der Waals surface area contributed by atoms with E-state index in [0.29, 0.717) is 6.42 Å². The van der Waals surface area contributed by atoms with E-state index < -0.39 is 7.82 Å². The van der Waals surface area contributed by atoms with Crippen molar-refractivity contribution in [3.63, 3.8) is 0 Å². The SMILES string of the molecule is CC(C)CCCCCCCCCCOP(=O)([O-])[O-].[Na+].[Na+]. The zero-order valence-electron chi connectivity index (χ0n) is 13.7. The van der Waals surface area contributed by atoms with Crippen molar-refractivity contribution in [2.45, 2.75) is 71.6 Å². The second-order valence-electron chi connectivity index (χ2n) is 5.29. The average molecular weight is 324 g/mol. The summed E-state index contributed by atoms with van der Waals surface area (Å²) in [4.78, 5) is 20.3. The molecule has 0 rings (SSSR count). The first-order valence-electron chi connectivity index (χ1n) is 7.08. The molecule has 20 heavy (non-hydrogen) atoms. The number of hydrogen-bond acceptors (Lipinski definition) is 4. The minimum Gasteiger partial charge on any atom is -0.790 e. The molecule has 0 aliphatic carbocycles. The molecule has 0 N–H and O–H groups in total. The normalized spacial score (nSPS) is 11.1. The number of phosphoric ester groups is 1. The molecular formula is C13H27Na2O4P. The molecule has 0 aliphatic heterocycles. The van der Waals surface area contributed by atoms with Crippen molar-refractivity contribution in [1.29, 1.82) is 0 Å². The van der Waals surface area contributed by atoms with Gasteiger partial charge in [0.25, 0.3) is 0 Å². The zero-order valence-corrected chi connectivity index (χ0v) is 18.6. The number of unbranched alkanes of at least 4 members (excludes halogenated alkanes) is 7. The van der Waals surface area contributed by atoms with E-state index in [1.165, 1.54) is 38.5 Å². The Hall–Kier alpha value is 2.11. The average Bonchev–Trinajstić information content (AvgIpc) is 2.24.